The van der Waals surface area contributed by atoms with Gasteiger partial charge >= 0.3 is 0 Å². The number of methoxy groups -OCH3 is 1. The first-order valence-electron chi connectivity index (χ1n) is 5.69. The van der Waals surface area contributed by atoms with Crippen molar-refractivity contribution in [3.63, 3.8) is 0 Å². The molecule has 0 saturated carbocycles. The molecule has 1 aromatic carbocycles. The van der Waals surface area contributed by atoms with Crippen LogP contribution < -0.4 is 10.5 Å². The van der Waals surface area contributed by atoms with Crippen LogP contribution in [0, 0.1) is 0 Å². The summed E-state index contributed by atoms with van der Waals surface area (Å²) in [5.74, 6) is 1.68. The maximum Gasteiger partial charge on any atom is 0.252 e. The van der Waals surface area contributed by atoms with Crippen LogP contribution in [-0.2, 0) is 11.3 Å². The number of hydrogen-bond acceptors (Lipinski definition) is 6. The van der Waals surface area contributed by atoms with Crippen LogP contribution in [0.2, 0.25) is 0 Å². The maximum atomic E-state index is 5.32. The average molecular weight is 328 g/mol. The number of hydrogen-bond donors (Lipinski definition) is 1. The van der Waals surface area contributed by atoms with Crippen molar-refractivity contribution >= 4 is 15.9 Å². The third-order valence-electron chi connectivity index (χ3n) is 2.37. The summed E-state index contributed by atoms with van der Waals surface area (Å²) in [5, 5.41) is 3.90. The summed E-state index contributed by atoms with van der Waals surface area (Å²) in [7, 11) is 1.61. The van der Waals surface area contributed by atoms with Crippen LogP contribution in [0.25, 0.3) is 11.4 Å². The van der Waals surface area contributed by atoms with E-state index in [0.717, 1.165) is 15.8 Å². The van der Waals surface area contributed by atoms with Crippen LogP contribution in [0.15, 0.2) is 27.2 Å². The normalized spacial score (nSPS) is 10.7. The van der Waals surface area contributed by atoms with E-state index in [9.17, 15) is 0 Å². The lowest BCUT2D eigenvalue weighted by Gasteiger charge is -2.03. The van der Waals surface area contributed by atoms with Crippen LogP contribution >= 0.6 is 15.9 Å². The Morgan fingerprint density at radius 3 is 2.95 bits per heavy atom. The second-order valence-electron chi connectivity index (χ2n) is 3.70. The number of nitrogens with two attached hydrogens (primary N) is 1. The molecular weight excluding hydrogens is 314 g/mol. The molecule has 0 bridgehead atoms. The van der Waals surface area contributed by atoms with Crippen molar-refractivity contribution in [2.45, 2.75) is 6.61 Å². The van der Waals surface area contributed by atoms with Crippen LogP contribution in [-0.4, -0.2) is 30.4 Å². The van der Waals surface area contributed by atoms with Gasteiger partial charge in [0, 0.05) is 12.1 Å². The van der Waals surface area contributed by atoms with E-state index >= 15 is 0 Å². The zero-order valence-corrected chi connectivity index (χ0v) is 12.0. The first-order chi connectivity index (χ1) is 9.24. The molecule has 0 radical (unpaired) electrons. The van der Waals surface area contributed by atoms with E-state index in [1.807, 2.05) is 18.2 Å². The molecule has 0 spiro atoms. The quantitative estimate of drug-likeness (QED) is 0.817. The molecule has 7 heteroatoms. The highest BCUT2D eigenvalue weighted by atomic mass is 79.9. The van der Waals surface area contributed by atoms with Crippen molar-refractivity contribution in [2.75, 3.05) is 20.3 Å². The molecule has 0 saturated heterocycles. The van der Waals surface area contributed by atoms with E-state index in [0.29, 0.717) is 24.9 Å². The topological polar surface area (TPSA) is 83.4 Å². The number of aromatic nitrogens is 2. The molecule has 19 heavy (non-hydrogen) atoms. The van der Waals surface area contributed by atoms with Crippen LogP contribution in [0.4, 0.5) is 0 Å². The van der Waals surface area contributed by atoms with Gasteiger partial charge in [0.25, 0.3) is 5.89 Å². The van der Waals surface area contributed by atoms with E-state index in [4.69, 9.17) is 19.7 Å². The van der Waals surface area contributed by atoms with Gasteiger partial charge in [-0.15, -0.1) is 0 Å². The third kappa shape index (κ3) is 3.52. The fourth-order valence-corrected chi connectivity index (χ4v) is 2.02. The highest BCUT2D eigenvalue weighted by Crippen LogP contribution is 2.29. The summed E-state index contributed by atoms with van der Waals surface area (Å²) in [6, 6.07) is 5.56. The second-order valence-corrected chi connectivity index (χ2v) is 4.56. The zero-order chi connectivity index (χ0) is 13.7. The molecule has 0 amide bonds. The zero-order valence-electron chi connectivity index (χ0n) is 10.4. The molecule has 1 aromatic heterocycles. The molecule has 0 atom stereocenters. The predicted octanol–water partition coefficient (Wildman–Crippen LogP) is 1.98. The van der Waals surface area contributed by atoms with Crippen LogP contribution in [0.1, 0.15) is 5.89 Å². The van der Waals surface area contributed by atoms with Gasteiger partial charge in [0.15, 0.2) is 0 Å². The number of benzene rings is 1. The first kappa shape index (κ1) is 14.0. The van der Waals surface area contributed by atoms with Crippen molar-refractivity contribution in [3.8, 4) is 17.1 Å². The Balaban J connectivity index is 2.11. The average Bonchev–Trinajstić information content (AvgIpc) is 2.88. The Morgan fingerprint density at radius 1 is 1.42 bits per heavy atom. The molecule has 0 unspecified atom stereocenters. The fourth-order valence-electron chi connectivity index (χ4n) is 1.48. The summed E-state index contributed by atoms with van der Waals surface area (Å²) >= 11 is 3.41. The Labute approximate surface area is 119 Å². The third-order valence-corrected chi connectivity index (χ3v) is 2.99. The van der Waals surface area contributed by atoms with Crippen molar-refractivity contribution in [3.05, 3.63) is 28.6 Å². The summed E-state index contributed by atoms with van der Waals surface area (Å²) in [5.41, 5.74) is 6.16. The fraction of sp³-hybridized carbons (Fsp3) is 0.333. The second kappa shape index (κ2) is 6.65. The molecular formula is C12H14BrN3O3. The summed E-state index contributed by atoms with van der Waals surface area (Å²) in [6.45, 7) is 1.19. The van der Waals surface area contributed by atoms with E-state index in [2.05, 4.69) is 26.1 Å². The minimum atomic E-state index is 0.265. The predicted molar refractivity (Wildman–Crippen MR) is 72.7 cm³/mol. The SMILES string of the molecule is COc1ccc(-c2noc(COCCN)n2)cc1Br. The molecule has 0 aliphatic rings. The van der Waals surface area contributed by atoms with Crippen molar-refractivity contribution in [2.24, 2.45) is 5.73 Å². The smallest absolute Gasteiger partial charge is 0.252 e. The standard InChI is InChI=1S/C12H14BrN3O3/c1-17-10-3-2-8(6-9(10)13)12-15-11(19-16-12)7-18-5-4-14/h2-3,6H,4-5,7,14H2,1H3. The van der Waals surface area contributed by atoms with E-state index in [-0.39, 0.29) is 6.61 Å². The molecule has 2 aromatic rings. The van der Waals surface area contributed by atoms with Crippen molar-refractivity contribution in [1.29, 1.82) is 0 Å². The summed E-state index contributed by atoms with van der Waals surface area (Å²) in [6.07, 6.45) is 0. The van der Waals surface area contributed by atoms with E-state index < -0.39 is 0 Å². The van der Waals surface area contributed by atoms with Gasteiger partial charge < -0.3 is 19.7 Å². The van der Waals surface area contributed by atoms with E-state index in [1.54, 1.807) is 7.11 Å². The van der Waals surface area contributed by atoms with Gasteiger partial charge in [-0.3, -0.25) is 0 Å². The largest absolute Gasteiger partial charge is 0.496 e. The summed E-state index contributed by atoms with van der Waals surface area (Å²) in [4.78, 5) is 4.24. The Morgan fingerprint density at radius 2 is 2.26 bits per heavy atom. The molecule has 1 heterocycles. The molecule has 0 fully saturated rings. The number of rotatable bonds is 6. The number of halogens is 1. The highest BCUT2D eigenvalue weighted by molar-refractivity contribution is 9.10. The Kier molecular flexibility index (Phi) is 4.89. The lowest BCUT2D eigenvalue weighted by atomic mass is 10.2. The number of ether oxygens (including phenoxy) is 2. The van der Waals surface area contributed by atoms with Gasteiger partial charge in [-0.25, -0.2) is 0 Å². The Hall–Kier alpha value is -1.44. The van der Waals surface area contributed by atoms with Gasteiger partial charge in [0.1, 0.15) is 12.4 Å². The first-order valence-corrected chi connectivity index (χ1v) is 6.48. The molecule has 0 aliphatic carbocycles. The van der Waals surface area contributed by atoms with Crippen molar-refractivity contribution in [1.82, 2.24) is 10.1 Å². The highest BCUT2D eigenvalue weighted by Gasteiger charge is 2.10. The van der Waals surface area contributed by atoms with Crippen molar-refractivity contribution < 1.29 is 14.0 Å². The minimum Gasteiger partial charge on any atom is -0.496 e. The Bertz CT molecular complexity index is 545. The number of nitrogens with zero attached hydrogens (tertiary/aromatic N) is 2. The van der Waals surface area contributed by atoms with Gasteiger partial charge in [-0.1, -0.05) is 5.16 Å². The molecule has 0 aliphatic heterocycles. The van der Waals surface area contributed by atoms with Gasteiger partial charge in [-0.05, 0) is 34.1 Å². The van der Waals surface area contributed by atoms with Crippen LogP contribution in [0.5, 0.6) is 5.75 Å². The lowest BCUT2D eigenvalue weighted by Crippen LogP contribution is -2.08. The van der Waals surface area contributed by atoms with Gasteiger partial charge in [0.2, 0.25) is 5.82 Å². The monoisotopic (exact) mass is 327 g/mol. The molecule has 2 N–H and O–H groups in total. The maximum absolute atomic E-state index is 5.32. The lowest BCUT2D eigenvalue weighted by molar-refractivity contribution is 0.104. The van der Waals surface area contributed by atoms with Gasteiger partial charge in [0.05, 0.1) is 18.2 Å². The minimum absolute atomic E-state index is 0.265. The van der Waals surface area contributed by atoms with Gasteiger partial charge in [-0.2, -0.15) is 4.98 Å². The summed E-state index contributed by atoms with van der Waals surface area (Å²) < 4.78 is 16.3. The van der Waals surface area contributed by atoms with Crippen LogP contribution in [0.3, 0.4) is 0 Å². The molecule has 2 rings (SSSR count). The van der Waals surface area contributed by atoms with E-state index in [1.165, 1.54) is 0 Å². The molecule has 6 nitrogen and oxygen atoms in total. The molecule has 102 valence electrons.